The van der Waals surface area contributed by atoms with Crippen LogP contribution in [0.2, 0.25) is 0 Å². The zero-order chi connectivity index (χ0) is 20.5. The van der Waals surface area contributed by atoms with Crippen LogP contribution in [0.1, 0.15) is 12.0 Å². The van der Waals surface area contributed by atoms with Gasteiger partial charge in [-0.1, -0.05) is 12.1 Å². The van der Waals surface area contributed by atoms with Crippen LogP contribution in [-0.4, -0.2) is 32.5 Å². The molecule has 0 saturated heterocycles. The lowest BCUT2D eigenvalue weighted by Gasteiger charge is -2.22. The number of hydrogen-bond acceptors (Lipinski definition) is 4. The number of carbonyl (C=O) groups is 2. The number of fused-ring (bicyclic) bond motifs is 1. The maximum atomic E-state index is 12.6. The Morgan fingerprint density at radius 1 is 1.07 bits per heavy atom. The Balaban J connectivity index is 1.80. The highest BCUT2D eigenvalue weighted by molar-refractivity contribution is 7.91. The first-order valence-corrected chi connectivity index (χ1v) is 9.82. The fourth-order valence-electron chi connectivity index (χ4n) is 2.80. The molecule has 0 radical (unpaired) electrons. The van der Waals surface area contributed by atoms with E-state index in [0.29, 0.717) is 0 Å². The molecule has 0 atom stereocenters. The van der Waals surface area contributed by atoms with Gasteiger partial charge in [-0.3, -0.25) is 9.59 Å². The molecule has 2 aromatic rings. The molecule has 1 aliphatic heterocycles. The Labute approximate surface area is 158 Å². The van der Waals surface area contributed by atoms with Crippen molar-refractivity contribution in [2.45, 2.75) is 17.5 Å². The maximum Gasteiger partial charge on any atom is 0.416 e. The molecule has 0 bridgehead atoms. The van der Waals surface area contributed by atoms with Gasteiger partial charge in [-0.25, -0.2) is 8.42 Å². The zero-order valence-corrected chi connectivity index (χ0v) is 15.2. The topological polar surface area (TPSA) is 83.6 Å². The lowest BCUT2D eigenvalue weighted by atomic mass is 10.2. The Hall–Kier alpha value is -2.88. The molecule has 0 spiro atoms. The molecule has 1 heterocycles. The van der Waals surface area contributed by atoms with Gasteiger partial charge in [0, 0.05) is 12.1 Å². The molecule has 0 unspecified atom stereocenters. The largest absolute Gasteiger partial charge is 0.416 e. The third kappa shape index (κ3) is 4.16. The highest BCUT2D eigenvalue weighted by Crippen LogP contribution is 2.31. The lowest BCUT2D eigenvalue weighted by Crippen LogP contribution is -2.37. The van der Waals surface area contributed by atoms with E-state index in [1.165, 1.54) is 18.2 Å². The molecule has 1 N–H and O–H groups in total. The van der Waals surface area contributed by atoms with E-state index in [0.717, 1.165) is 29.2 Å². The van der Waals surface area contributed by atoms with Crippen molar-refractivity contribution in [1.82, 2.24) is 0 Å². The van der Waals surface area contributed by atoms with Crippen LogP contribution < -0.4 is 10.2 Å². The Bertz CT molecular complexity index is 1020. The van der Waals surface area contributed by atoms with Gasteiger partial charge in [-0.2, -0.15) is 13.2 Å². The molecule has 2 amide bonds. The van der Waals surface area contributed by atoms with E-state index in [1.54, 1.807) is 6.07 Å². The summed E-state index contributed by atoms with van der Waals surface area (Å²) >= 11 is 0. The summed E-state index contributed by atoms with van der Waals surface area (Å²) in [5.41, 5.74) is -0.624. The van der Waals surface area contributed by atoms with Crippen LogP contribution in [0.5, 0.6) is 0 Å². The number of hydrogen-bond donors (Lipinski definition) is 1. The summed E-state index contributed by atoms with van der Waals surface area (Å²) in [4.78, 5) is 25.7. The van der Waals surface area contributed by atoms with Crippen molar-refractivity contribution in [3.05, 3.63) is 54.1 Å². The number of sulfone groups is 1. The molecule has 28 heavy (non-hydrogen) atoms. The van der Waals surface area contributed by atoms with E-state index in [-0.39, 0.29) is 28.4 Å². The second-order valence-corrected chi connectivity index (χ2v) is 8.22. The van der Waals surface area contributed by atoms with Crippen molar-refractivity contribution in [2.75, 3.05) is 22.5 Å². The average molecular weight is 412 g/mol. The van der Waals surface area contributed by atoms with Crippen molar-refractivity contribution in [3.63, 3.8) is 0 Å². The molecule has 0 aromatic heterocycles. The first-order valence-electron chi connectivity index (χ1n) is 8.17. The van der Waals surface area contributed by atoms with Gasteiger partial charge in [0.1, 0.15) is 6.54 Å². The second-order valence-electron chi connectivity index (χ2n) is 6.14. The van der Waals surface area contributed by atoms with Gasteiger partial charge in [0.25, 0.3) is 0 Å². The lowest BCUT2D eigenvalue weighted by molar-refractivity contribution is -0.137. The number of nitrogens with one attached hydrogen (secondary N) is 1. The van der Waals surface area contributed by atoms with E-state index in [9.17, 15) is 31.2 Å². The van der Waals surface area contributed by atoms with Crippen LogP contribution in [0.4, 0.5) is 24.5 Å². The smallest absolute Gasteiger partial charge is 0.325 e. The number of halogens is 3. The summed E-state index contributed by atoms with van der Waals surface area (Å²) in [5.74, 6) is -1.56. The average Bonchev–Trinajstić information content (AvgIpc) is 2.72. The third-order valence-corrected chi connectivity index (χ3v) is 5.93. The summed E-state index contributed by atoms with van der Waals surface area (Å²) in [6.07, 6.45) is -4.76. The molecule has 2 aromatic carbocycles. The Morgan fingerprint density at radius 2 is 1.71 bits per heavy atom. The van der Waals surface area contributed by atoms with Crippen LogP contribution in [0, 0.1) is 0 Å². The number of anilines is 2. The molecule has 148 valence electrons. The first kappa shape index (κ1) is 19.9. The standard InChI is InChI=1S/C18H15F3N2O4S/c19-18(20,21)12-5-7-13(8-6-12)22-16(24)11-23-14-3-1-2-4-15(14)28(26,27)10-9-17(23)25/h1-8H,9-11H2,(H,22,24). The van der Waals surface area contributed by atoms with Crippen molar-refractivity contribution in [2.24, 2.45) is 0 Å². The molecular weight excluding hydrogens is 397 g/mol. The maximum absolute atomic E-state index is 12.6. The molecule has 3 rings (SSSR count). The molecule has 10 heteroatoms. The quantitative estimate of drug-likeness (QED) is 0.840. The molecular formula is C18H15F3N2O4S. The fourth-order valence-corrected chi connectivity index (χ4v) is 4.25. The van der Waals surface area contributed by atoms with Gasteiger partial charge in [0.05, 0.1) is 21.9 Å². The summed E-state index contributed by atoms with van der Waals surface area (Å²) in [5, 5.41) is 2.41. The van der Waals surface area contributed by atoms with Gasteiger partial charge in [-0.05, 0) is 36.4 Å². The third-order valence-electron chi connectivity index (χ3n) is 4.17. The number of carbonyl (C=O) groups excluding carboxylic acids is 2. The zero-order valence-electron chi connectivity index (χ0n) is 14.4. The Morgan fingerprint density at radius 3 is 2.36 bits per heavy atom. The molecule has 1 aliphatic rings. The fraction of sp³-hybridized carbons (Fsp3) is 0.222. The summed E-state index contributed by atoms with van der Waals surface area (Å²) in [6, 6.07) is 9.72. The Kier molecular flexibility index (Phi) is 5.16. The van der Waals surface area contributed by atoms with Crippen LogP contribution in [0.3, 0.4) is 0 Å². The number of benzene rings is 2. The van der Waals surface area contributed by atoms with Gasteiger partial charge in [-0.15, -0.1) is 0 Å². The van der Waals surface area contributed by atoms with Crippen molar-refractivity contribution in [1.29, 1.82) is 0 Å². The van der Waals surface area contributed by atoms with Crippen LogP contribution in [0.15, 0.2) is 53.4 Å². The van der Waals surface area contributed by atoms with Crippen molar-refractivity contribution < 1.29 is 31.2 Å². The highest BCUT2D eigenvalue weighted by Gasteiger charge is 2.32. The number of nitrogens with zero attached hydrogens (tertiary/aromatic N) is 1. The van der Waals surface area contributed by atoms with Gasteiger partial charge in [0.15, 0.2) is 9.84 Å². The first-order chi connectivity index (χ1) is 13.1. The molecule has 6 nitrogen and oxygen atoms in total. The highest BCUT2D eigenvalue weighted by atomic mass is 32.2. The number of amides is 2. The van der Waals surface area contributed by atoms with Crippen molar-refractivity contribution >= 4 is 33.0 Å². The molecule has 0 saturated carbocycles. The predicted octanol–water partition coefficient (Wildman–Crippen LogP) is 2.85. The normalized spacial score (nSPS) is 16.2. The summed E-state index contributed by atoms with van der Waals surface area (Å²) in [6.45, 7) is -0.466. The number of para-hydroxylation sites is 1. The summed E-state index contributed by atoms with van der Waals surface area (Å²) < 4.78 is 62.4. The van der Waals surface area contributed by atoms with Crippen LogP contribution in [-0.2, 0) is 25.6 Å². The van der Waals surface area contributed by atoms with E-state index in [1.807, 2.05) is 0 Å². The minimum Gasteiger partial charge on any atom is -0.325 e. The van der Waals surface area contributed by atoms with Crippen LogP contribution in [0.25, 0.3) is 0 Å². The van der Waals surface area contributed by atoms with Gasteiger partial charge >= 0.3 is 6.18 Å². The predicted molar refractivity (Wildman–Crippen MR) is 95.5 cm³/mol. The van der Waals surface area contributed by atoms with E-state index >= 15 is 0 Å². The van der Waals surface area contributed by atoms with Gasteiger partial charge in [0.2, 0.25) is 11.8 Å². The second kappa shape index (κ2) is 7.27. The van der Waals surface area contributed by atoms with E-state index < -0.39 is 39.9 Å². The van der Waals surface area contributed by atoms with Crippen LogP contribution >= 0.6 is 0 Å². The monoisotopic (exact) mass is 412 g/mol. The molecule has 0 fully saturated rings. The number of alkyl halides is 3. The minimum absolute atomic E-state index is 0.0387. The molecule has 0 aliphatic carbocycles. The summed E-state index contributed by atoms with van der Waals surface area (Å²) in [7, 11) is -3.66. The van der Waals surface area contributed by atoms with Crippen molar-refractivity contribution in [3.8, 4) is 0 Å². The minimum atomic E-state index is -4.49. The van der Waals surface area contributed by atoms with E-state index in [4.69, 9.17) is 0 Å². The van der Waals surface area contributed by atoms with Gasteiger partial charge < -0.3 is 10.2 Å². The number of rotatable bonds is 3. The SMILES string of the molecule is O=C(CN1C(=O)CCS(=O)(=O)c2ccccc21)Nc1ccc(C(F)(F)F)cc1. The van der Waals surface area contributed by atoms with E-state index in [2.05, 4.69) is 5.32 Å².